The van der Waals surface area contributed by atoms with E-state index in [1.165, 1.54) is 24.3 Å². The topological polar surface area (TPSA) is 72.2 Å². The lowest BCUT2D eigenvalue weighted by atomic mass is 9.93. The molecule has 0 saturated heterocycles. The summed E-state index contributed by atoms with van der Waals surface area (Å²) in [6.07, 6.45) is 1.47. The monoisotopic (exact) mass is 342 g/mol. The normalized spacial score (nSPS) is 11.2. The number of carbonyl (C=O) groups is 2. The van der Waals surface area contributed by atoms with Gasteiger partial charge in [0, 0.05) is 23.2 Å². The van der Waals surface area contributed by atoms with Gasteiger partial charge in [-0.2, -0.15) is 0 Å². The van der Waals surface area contributed by atoms with Crippen molar-refractivity contribution in [3.8, 4) is 0 Å². The summed E-state index contributed by atoms with van der Waals surface area (Å²) in [5, 5.41) is 2.82. The van der Waals surface area contributed by atoms with Crippen LogP contribution in [-0.2, 0) is 0 Å². The molecule has 2 aromatic rings. The van der Waals surface area contributed by atoms with Crippen LogP contribution < -0.4 is 11.1 Å². The second-order valence-electron chi connectivity index (χ2n) is 6.13. The number of hydrogen-bond donors (Lipinski definition) is 2. The molecule has 0 aliphatic carbocycles. The van der Waals surface area contributed by atoms with Crippen LogP contribution in [0.2, 0.25) is 0 Å². The molecule has 0 aliphatic rings. The zero-order valence-corrected chi connectivity index (χ0v) is 14.5. The minimum Gasteiger partial charge on any atom is -0.350 e. The number of amides is 1. The Morgan fingerprint density at radius 2 is 1.56 bits per heavy atom. The summed E-state index contributed by atoms with van der Waals surface area (Å²) >= 11 is 0. The molecule has 0 fully saturated rings. The van der Waals surface area contributed by atoms with E-state index in [9.17, 15) is 14.0 Å². The molecule has 0 atom stereocenters. The highest BCUT2D eigenvalue weighted by molar-refractivity contribution is 6.15. The van der Waals surface area contributed by atoms with Crippen molar-refractivity contribution in [1.82, 2.24) is 5.32 Å². The van der Waals surface area contributed by atoms with Crippen molar-refractivity contribution in [2.45, 2.75) is 32.2 Å². The maximum Gasteiger partial charge on any atom is 0.252 e. The fourth-order valence-electron chi connectivity index (χ4n) is 2.49. The first-order valence-electron chi connectivity index (χ1n) is 8.36. The van der Waals surface area contributed by atoms with Crippen LogP contribution in [0.4, 0.5) is 4.39 Å². The Balaban J connectivity index is 2.24. The van der Waals surface area contributed by atoms with Crippen LogP contribution >= 0.6 is 0 Å². The molecule has 2 rings (SSSR count). The summed E-state index contributed by atoms with van der Waals surface area (Å²) < 4.78 is 13.1. The quantitative estimate of drug-likeness (QED) is 0.758. The summed E-state index contributed by atoms with van der Waals surface area (Å²) in [5.41, 5.74) is 6.64. The van der Waals surface area contributed by atoms with Crippen molar-refractivity contribution in [1.29, 1.82) is 0 Å². The third-order valence-corrected chi connectivity index (χ3v) is 4.53. The van der Waals surface area contributed by atoms with Crippen molar-refractivity contribution in [3.63, 3.8) is 0 Å². The molecule has 0 heterocycles. The van der Waals surface area contributed by atoms with E-state index in [0.29, 0.717) is 12.1 Å². The summed E-state index contributed by atoms with van der Waals surface area (Å²) in [6, 6.07) is 11.8. The molecule has 4 nitrogen and oxygen atoms in total. The van der Waals surface area contributed by atoms with Gasteiger partial charge in [-0.15, -0.1) is 0 Å². The molecule has 0 radical (unpaired) electrons. The molecule has 0 aromatic heterocycles. The number of hydrogen-bond acceptors (Lipinski definition) is 3. The Hall–Kier alpha value is -2.53. The molecular weight excluding hydrogens is 319 g/mol. The third kappa shape index (κ3) is 4.51. The molecule has 3 N–H and O–H groups in total. The van der Waals surface area contributed by atoms with Gasteiger partial charge in [-0.25, -0.2) is 4.39 Å². The summed E-state index contributed by atoms with van der Waals surface area (Å²) in [5.74, 6) is -1.08. The molecule has 132 valence electrons. The third-order valence-electron chi connectivity index (χ3n) is 4.53. The molecule has 0 unspecified atom stereocenters. The van der Waals surface area contributed by atoms with Crippen molar-refractivity contribution in [3.05, 3.63) is 71.0 Å². The van der Waals surface area contributed by atoms with E-state index in [4.69, 9.17) is 5.73 Å². The maximum absolute atomic E-state index is 13.1. The van der Waals surface area contributed by atoms with Crippen LogP contribution in [0.15, 0.2) is 48.5 Å². The van der Waals surface area contributed by atoms with Gasteiger partial charge < -0.3 is 11.1 Å². The molecule has 5 heteroatoms. The standard InChI is InChI=1S/C20H23FN2O2/c1-3-20(22,4-2)13-23-19(25)17-8-6-5-7-16(17)18(24)14-9-11-15(21)12-10-14/h5-12H,3-4,13,22H2,1-2H3,(H,23,25). The van der Waals surface area contributed by atoms with Crippen molar-refractivity contribution >= 4 is 11.7 Å². The molecular formula is C20H23FN2O2. The molecule has 2 aromatic carbocycles. The van der Waals surface area contributed by atoms with Gasteiger partial charge in [0.15, 0.2) is 5.78 Å². The molecule has 25 heavy (non-hydrogen) atoms. The van der Waals surface area contributed by atoms with Crippen LogP contribution in [0.5, 0.6) is 0 Å². The zero-order valence-electron chi connectivity index (χ0n) is 14.5. The van der Waals surface area contributed by atoms with Crippen LogP contribution in [0.1, 0.15) is 53.0 Å². The largest absolute Gasteiger partial charge is 0.350 e. The average molecular weight is 342 g/mol. The lowest BCUT2D eigenvalue weighted by molar-refractivity contribution is 0.0932. The first-order chi connectivity index (χ1) is 11.9. The van der Waals surface area contributed by atoms with Gasteiger partial charge in [0.05, 0.1) is 5.56 Å². The second-order valence-corrected chi connectivity index (χ2v) is 6.13. The van der Waals surface area contributed by atoms with E-state index >= 15 is 0 Å². The molecule has 1 amide bonds. The lowest BCUT2D eigenvalue weighted by Gasteiger charge is -2.27. The Morgan fingerprint density at radius 1 is 1.00 bits per heavy atom. The van der Waals surface area contributed by atoms with Crippen molar-refractivity contribution in [2.24, 2.45) is 5.73 Å². The number of rotatable bonds is 7. The van der Waals surface area contributed by atoms with E-state index in [0.717, 1.165) is 12.8 Å². The Kier molecular flexibility index (Phi) is 6.04. The van der Waals surface area contributed by atoms with Crippen molar-refractivity contribution in [2.75, 3.05) is 6.54 Å². The van der Waals surface area contributed by atoms with E-state index < -0.39 is 11.4 Å². The van der Waals surface area contributed by atoms with Gasteiger partial charge in [-0.1, -0.05) is 32.0 Å². The fourth-order valence-corrected chi connectivity index (χ4v) is 2.49. The van der Waals surface area contributed by atoms with Gasteiger partial charge in [0.1, 0.15) is 5.82 Å². The number of nitrogens with one attached hydrogen (secondary N) is 1. The van der Waals surface area contributed by atoms with Crippen LogP contribution in [0.25, 0.3) is 0 Å². The number of ketones is 1. The van der Waals surface area contributed by atoms with E-state index in [1.807, 2.05) is 13.8 Å². The van der Waals surface area contributed by atoms with Crippen LogP contribution in [0, 0.1) is 5.82 Å². The highest BCUT2D eigenvalue weighted by Gasteiger charge is 2.23. The minimum atomic E-state index is -0.467. The Labute approximate surface area is 147 Å². The van der Waals surface area contributed by atoms with Gasteiger partial charge in [-0.3, -0.25) is 9.59 Å². The summed E-state index contributed by atoms with van der Waals surface area (Å²) in [4.78, 5) is 25.2. The predicted octanol–water partition coefficient (Wildman–Crippen LogP) is 3.30. The second kappa shape index (κ2) is 8.03. The number of benzene rings is 2. The molecule has 0 spiro atoms. The average Bonchev–Trinajstić information content (AvgIpc) is 2.66. The van der Waals surface area contributed by atoms with Gasteiger partial charge in [0.2, 0.25) is 0 Å². The summed E-state index contributed by atoms with van der Waals surface area (Å²) in [7, 11) is 0. The lowest BCUT2D eigenvalue weighted by Crippen LogP contribution is -2.49. The van der Waals surface area contributed by atoms with Gasteiger partial charge >= 0.3 is 0 Å². The smallest absolute Gasteiger partial charge is 0.252 e. The predicted molar refractivity (Wildman–Crippen MR) is 96.1 cm³/mol. The highest BCUT2D eigenvalue weighted by Crippen LogP contribution is 2.16. The SMILES string of the molecule is CCC(N)(CC)CNC(=O)c1ccccc1C(=O)c1ccc(F)cc1. The fraction of sp³-hybridized carbons (Fsp3) is 0.300. The Morgan fingerprint density at radius 3 is 2.12 bits per heavy atom. The molecule has 0 saturated carbocycles. The zero-order chi connectivity index (χ0) is 18.4. The van der Waals surface area contributed by atoms with Crippen molar-refractivity contribution < 1.29 is 14.0 Å². The number of carbonyl (C=O) groups excluding carboxylic acids is 2. The molecule has 0 bridgehead atoms. The van der Waals surface area contributed by atoms with E-state index in [2.05, 4.69) is 5.32 Å². The highest BCUT2D eigenvalue weighted by atomic mass is 19.1. The number of nitrogens with two attached hydrogens (primary N) is 1. The first-order valence-corrected chi connectivity index (χ1v) is 8.36. The van der Waals surface area contributed by atoms with Gasteiger partial charge in [0.25, 0.3) is 5.91 Å². The Bertz CT molecular complexity index is 753. The molecule has 0 aliphatic heterocycles. The van der Waals surface area contributed by atoms with Crippen LogP contribution in [-0.4, -0.2) is 23.8 Å². The van der Waals surface area contributed by atoms with Gasteiger partial charge in [-0.05, 0) is 43.2 Å². The van der Waals surface area contributed by atoms with E-state index in [1.54, 1.807) is 24.3 Å². The van der Waals surface area contributed by atoms with Crippen LogP contribution in [0.3, 0.4) is 0 Å². The summed E-state index contributed by atoms with van der Waals surface area (Å²) in [6.45, 7) is 4.28. The first kappa shape index (κ1) is 18.8. The maximum atomic E-state index is 13.1. The minimum absolute atomic E-state index is 0.280. The number of halogens is 1. The van der Waals surface area contributed by atoms with E-state index in [-0.39, 0.29) is 22.8 Å².